The van der Waals surface area contributed by atoms with Crippen LogP contribution in [0.25, 0.3) is 0 Å². The predicted molar refractivity (Wildman–Crippen MR) is 94.4 cm³/mol. The maximum atomic E-state index is 0. The zero-order valence-corrected chi connectivity index (χ0v) is 5.68. The van der Waals surface area contributed by atoms with E-state index in [-0.39, 0.29) is 116 Å². The van der Waals surface area contributed by atoms with Gasteiger partial charge in [-0.3, -0.25) is 0 Å². The van der Waals surface area contributed by atoms with Gasteiger partial charge in [-0.2, -0.15) is 27.0 Å². The SMILES string of the molecule is C.C.C.C.C.C.C.C.S.S.[H+].[H+].[SH-].[SH-]. The van der Waals surface area contributed by atoms with Gasteiger partial charge in [0, 0.05) is 0 Å². The molecule has 0 amide bonds. The van der Waals surface area contributed by atoms with Gasteiger partial charge in [-0.15, -0.1) is 0 Å². The van der Waals surface area contributed by atoms with Gasteiger partial charge in [0.15, 0.2) is 0 Å². The van der Waals surface area contributed by atoms with E-state index in [1.165, 1.54) is 0 Å². The van der Waals surface area contributed by atoms with Crippen molar-refractivity contribution in [1.29, 1.82) is 0 Å². The molecule has 0 aliphatic heterocycles. The first-order chi connectivity index (χ1) is 0. The lowest BCUT2D eigenvalue weighted by atomic mass is 12.0. The molecule has 0 fully saturated rings. The molecule has 96 valence electrons. The summed E-state index contributed by atoms with van der Waals surface area (Å²) < 4.78 is 0. The van der Waals surface area contributed by atoms with Gasteiger partial charge in [0.2, 0.25) is 0 Å². The summed E-state index contributed by atoms with van der Waals surface area (Å²) >= 11 is 0. The summed E-state index contributed by atoms with van der Waals surface area (Å²) in [5, 5.41) is 0. The van der Waals surface area contributed by atoms with Crippen LogP contribution >= 0.6 is 27.0 Å². The highest BCUT2D eigenvalue weighted by molar-refractivity contribution is 7.59. The zero-order valence-electron chi connectivity index (χ0n) is 3.89. The summed E-state index contributed by atoms with van der Waals surface area (Å²) in [5.74, 6) is 0. The summed E-state index contributed by atoms with van der Waals surface area (Å²) in [6.07, 6.45) is 0. The zero-order chi connectivity index (χ0) is 0. The molecular formula is C8H40S4. The van der Waals surface area contributed by atoms with E-state index in [0.29, 0.717) is 0 Å². The second-order valence-electron chi connectivity index (χ2n) is 0. The lowest BCUT2D eigenvalue weighted by molar-refractivity contribution is 2.50. The molecule has 0 aliphatic carbocycles. The van der Waals surface area contributed by atoms with Gasteiger partial charge in [-0.1, -0.05) is 59.4 Å². The third-order valence-corrected chi connectivity index (χ3v) is 0. The molecule has 0 unspecified atom stereocenters. The van der Waals surface area contributed by atoms with Crippen LogP contribution in [0.2, 0.25) is 0 Å². The van der Waals surface area contributed by atoms with Crippen molar-refractivity contribution in [1.82, 2.24) is 0 Å². The number of hydrogen-bond acceptors (Lipinski definition) is 2. The Kier molecular flexibility index (Phi) is 72000. The van der Waals surface area contributed by atoms with Crippen LogP contribution in [0.15, 0.2) is 0 Å². The fourth-order valence-corrected chi connectivity index (χ4v) is 0. The van der Waals surface area contributed by atoms with E-state index in [1.54, 1.807) is 0 Å². The van der Waals surface area contributed by atoms with E-state index < -0.39 is 0 Å². The number of hydrogen-bond donors (Lipinski definition) is 0. The van der Waals surface area contributed by atoms with E-state index in [4.69, 9.17) is 0 Å². The van der Waals surface area contributed by atoms with Gasteiger partial charge < -0.3 is 27.0 Å². The number of rotatable bonds is 0. The molecule has 0 bridgehead atoms. The smallest absolute Gasteiger partial charge is 0.813 e. The van der Waals surface area contributed by atoms with Crippen molar-refractivity contribution in [2.75, 3.05) is 0 Å². The van der Waals surface area contributed by atoms with Gasteiger partial charge in [0.25, 0.3) is 0 Å². The van der Waals surface area contributed by atoms with Crippen molar-refractivity contribution in [3.05, 3.63) is 0 Å². The van der Waals surface area contributed by atoms with Gasteiger partial charge in [0.05, 0.1) is 0 Å². The van der Waals surface area contributed by atoms with Crippen LogP contribution in [0.1, 0.15) is 62.3 Å². The van der Waals surface area contributed by atoms with E-state index in [9.17, 15) is 0 Å². The Morgan fingerprint density at radius 3 is 0.333 bits per heavy atom. The second-order valence-corrected chi connectivity index (χ2v) is 0. The van der Waals surface area contributed by atoms with Crippen LogP contribution in [0.3, 0.4) is 0 Å². The lowest BCUT2D eigenvalue weighted by Gasteiger charge is -0.814. The fourth-order valence-electron chi connectivity index (χ4n) is 0. The molecule has 0 radical (unpaired) electrons. The summed E-state index contributed by atoms with van der Waals surface area (Å²) in [6, 6.07) is 0. The highest BCUT2D eigenvalue weighted by Gasteiger charge is -0.0704. The van der Waals surface area contributed by atoms with Crippen molar-refractivity contribution in [2.24, 2.45) is 0 Å². The van der Waals surface area contributed by atoms with E-state index in [2.05, 4.69) is 0 Å². The monoisotopic (exact) mass is 264 g/mol. The molecule has 12 heavy (non-hydrogen) atoms. The molecule has 0 saturated carbocycles. The molecule has 0 N–H and O–H groups in total. The first-order valence-electron chi connectivity index (χ1n) is 0. The van der Waals surface area contributed by atoms with Crippen LogP contribution < -0.4 is 0 Å². The first-order valence-corrected chi connectivity index (χ1v) is 0. The molecular weight excluding hydrogens is 224 g/mol. The molecule has 0 aromatic heterocycles. The quantitative estimate of drug-likeness (QED) is 0.446. The largest absolute Gasteiger partial charge is 1.00 e. The normalized spacial score (nSPS) is 0. The summed E-state index contributed by atoms with van der Waals surface area (Å²) in [4.78, 5) is 0. The Labute approximate surface area is 116 Å². The minimum absolute atomic E-state index is 0. The van der Waals surface area contributed by atoms with Crippen LogP contribution in [0.4, 0.5) is 0 Å². The number of thiol groups is 2. The Morgan fingerprint density at radius 1 is 0.333 bits per heavy atom. The maximum Gasteiger partial charge on any atom is 1.00 e. The Bertz CT molecular complexity index is 19.3. The van der Waals surface area contributed by atoms with Crippen LogP contribution in [-0.2, 0) is 27.0 Å². The minimum Gasteiger partial charge on any atom is -0.813 e. The Hall–Kier alpha value is 1.40. The minimum atomic E-state index is 0. The van der Waals surface area contributed by atoms with Crippen molar-refractivity contribution >= 4 is 54.0 Å². The average Bonchev–Trinajstić information content (AvgIpc) is 0. The maximum absolute atomic E-state index is 0. The lowest BCUT2D eigenvalue weighted by Crippen LogP contribution is -0.00340. The molecule has 0 aromatic rings. The third-order valence-electron chi connectivity index (χ3n) is 0. The van der Waals surface area contributed by atoms with Crippen LogP contribution in [0.5, 0.6) is 0 Å². The molecule has 0 nitrogen and oxygen atoms in total. The third kappa shape index (κ3) is 629. The van der Waals surface area contributed by atoms with Gasteiger partial charge in [-0.25, -0.2) is 0 Å². The molecule has 4 heteroatoms. The molecule has 0 heterocycles. The van der Waals surface area contributed by atoms with Gasteiger partial charge in [0.1, 0.15) is 0 Å². The average molecular weight is 265 g/mol. The summed E-state index contributed by atoms with van der Waals surface area (Å²) in [7, 11) is 0. The van der Waals surface area contributed by atoms with Crippen molar-refractivity contribution in [3.63, 3.8) is 0 Å². The standard InChI is InChI=1S/8CH4.4H2S/h8*1H4;4*1H2. The first kappa shape index (κ1) is 1050. The fraction of sp³-hybridized carbons (Fsp3) is 1.00. The summed E-state index contributed by atoms with van der Waals surface area (Å²) in [6.45, 7) is 0. The van der Waals surface area contributed by atoms with Gasteiger partial charge in [-0.05, 0) is 0 Å². The molecule has 0 rings (SSSR count). The highest BCUT2D eigenvalue weighted by Crippen LogP contribution is 0.649. The summed E-state index contributed by atoms with van der Waals surface area (Å²) in [5.41, 5.74) is 0. The highest BCUT2D eigenvalue weighted by atomic mass is 32.1. The molecule has 0 aromatic carbocycles. The Balaban J connectivity index is 0. The van der Waals surface area contributed by atoms with Crippen molar-refractivity contribution < 1.29 is 2.85 Å². The molecule has 0 saturated heterocycles. The molecule has 0 spiro atoms. The van der Waals surface area contributed by atoms with Crippen molar-refractivity contribution in [2.45, 2.75) is 59.4 Å². The van der Waals surface area contributed by atoms with Crippen LogP contribution in [-0.4, -0.2) is 0 Å². The van der Waals surface area contributed by atoms with E-state index in [0.717, 1.165) is 0 Å². The van der Waals surface area contributed by atoms with E-state index in [1.807, 2.05) is 0 Å². The van der Waals surface area contributed by atoms with Gasteiger partial charge >= 0.3 is 2.85 Å². The predicted octanol–water partition coefficient (Wildman–Crippen LogP) is 5.00. The molecule has 0 atom stereocenters. The Morgan fingerprint density at radius 2 is 0.333 bits per heavy atom. The van der Waals surface area contributed by atoms with E-state index >= 15 is 0 Å². The molecule has 0 aliphatic rings. The van der Waals surface area contributed by atoms with Crippen molar-refractivity contribution in [3.8, 4) is 0 Å². The van der Waals surface area contributed by atoms with Crippen LogP contribution in [0, 0.1) is 0 Å². The second kappa shape index (κ2) is 822. The topological polar surface area (TPSA) is 0 Å².